The van der Waals surface area contributed by atoms with Crippen molar-refractivity contribution in [1.82, 2.24) is 24.6 Å². The van der Waals surface area contributed by atoms with E-state index in [-0.39, 0.29) is 0 Å². The predicted molar refractivity (Wildman–Crippen MR) is 82.3 cm³/mol. The standard InChI is InChI=1S/C15H11N5OS/c1-2-5-11(6-3-1)13-18-19-15(21-13)22-10-12-9-20-8-4-7-16-14(20)17-12/h1-9H,10H2. The first-order chi connectivity index (χ1) is 10.9. The van der Waals surface area contributed by atoms with Gasteiger partial charge in [-0.1, -0.05) is 30.0 Å². The van der Waals surface area contributed by atoms with Crippen molar-refractivity contribution in [3.05, 3.63) is 60.7 Å². The Balaban J connectivity index is 1.49. The van der Waals surface area contributed by atoms with E-state index in [0.29, 0.717) is 22.6 Å². The Bertz CT molecular complexity index is 869. The Morgan fingerprint density at radius 1 is 1.09 bits per heavy atom. The minimum Gasteiger partial charge on any atom is -0.411 e. The van der Waals surface area contributed by atoms with E-state index < -0.39 is 0 Å². The molecule has 0 saturated carbocycles. The third kappa shape index (κ3) is 2.58. The molecule has 1 aromatic carbocycles. The van der Waals surface area contributed by atoms with Gasteiger partial charge in [-0.15, -0.1) is 10.2 Å². The first kappa shape index (κ1) is 13.0. The van der Waals surface area contributed by atoms with Crippen LogP contribution < -0.4 is 0 Å². The fraction of sp³-hybridized carbons (Fsp3) is 0.0667. The zero-order chi connectivity index (χ0) is 14.8. The molecule has 0 N–H and O–H groups in total. The van der Waals surface area contributed by atoms with Gasteiger partial charge in [0.2, 0.25) is 11.7 Å². The molecule has 0 amide bonds. The van der Waals surface area contributed by atoms with Gasteiger partial charge in [-0.3, -0.25) is 4.40 Å². The van der Waals surface area contributed by atoms with Crippen LogP contribution in [0.15, 0.2) is 64.6 Å². The van der Waals surface area contributed by atoms with Crippen molar-refractivity contribution in [2.75, 3.05) is 0 Å². The maximum Gasteiger partial charge on any atom is 0.277 e. The van der Waals surface area contributed by atoms with Gasteiger partial charge in [0.05, 0.1) is 5.69 Å². The molecule has 3 heterocycles. The van der Waals surface area contributed by atoms with Gasteiger partial charge in [0.25, 0.3) is 5.22 Å². The number of imidazole rings is 1. The summed E-state index contributed by atoms with van der Waals surface area (Å²) in [5, 5.41) is 8.66. The van der Waals surface area contributed by atoms with Gasteiger partial charge in [0.15, 0.2) is 0 Å². The molecule has 7 heteroatoms. The highest BCUT2D eigenvalue weighted by atomic mass is 32.2. The summed E-state index contributed by atoms with van der Waals surface area (Å²) in [4.78, 5) is 8.63. The Kier molecular flexibility index (Phi) is 3.32. The zero-order valence-corrected chi connectivity index (χ0v) is 12.3. The first-order valence-corrected chi connectivity index (χ1v) is 7.67. The van der Waals surface area contributed by atoms with Crippen molar-refractivity contribution in [1.29, 1.82) is 0 Å². The van der Waals surface area contributed by atoms with E-state index >= 15 is 0 Å². The van der Waals surface area contributed by atoms with E-state index in [1.165, 1.54) is 11.8 Å². The van der Waals surface area contributed by atoms with Crippen LogP contribution in [0.1, 0.15) is 5.69 Å². The SMILES string of the molecule is c1ccc(-c2nnc(SCc3cn4cccnc4n3)o2)cc1. The van der Waals surface area contributed by atoms with Crippen LogP contribution in [0.5, 0.6) is 0 Å². The summed E-state index contributed by atoms with van der Waals surface area (Å²) in [5.41, 5.74) is 1.84. The lowest BCUT2D eigenvalue weighted by Crippen LogP contribution is -1.83. The Morgan fingerprint density at radius 3 is 2.86 bits per heavy atom. The molecule has 0 fully saturated rings. The third-order valence-corrected chi connectivity index (χ3v) is 3.91. The summed E-state index contributed by atoms with van der Waals surface area (Å²) >= 11 is 1.46. The van der Waals surface area contributed by atoms with Crippen LogP contribution in [-0.2, 0) is 5.75 Å². The van der Waals surface area contributed by atoms with Crippen molar-refractivity contribution in [3.63, 3.8) is 0 Å². The second kappa shape index (κ2) is 5.61. The number of hydrogen-bond donors (Lipinski definition) is 0. The first-order valence-electron chi connectivity index (χ1n) is 6.69. The van der Waals surface area contributed by atoms with Gasteiger partial charge in [0, 0.05) is 29.9 Å². The molecular weight excluding hydrogens is 298 g/mol. The summed E-state index contributed by atoms with van der Waals surface area (Å²) in [5.74, 6) is 1.87. The lowest BCUT2D eigenvalue weighted by Gasteiger charge is -1.93. The van der Waals surface area contributed by atoms with E-state index in [9.17, 15) is 0 Å². The summed E-state index contributed by atoms with van der Waals surface area (Å²) in [7, 11) is 0. The van der Waals surface area contributed by atoms with Crippen molar-refractivity contribution in [3.8, 4) is 11.5 Å². The molecular formula is C15H11N5OS. The third-order valence-electron chi connectivity index (χ3n) is 3.06. The number of aromatic nitrogens is 5. The highest BCUT2D eigenvalue weighted by Crippen LogP contribution is 2.25. The highest BCUT2D eigenvalue weighted by molar-refractivity contribution is 7.98. The molecule has 3 aromatic heterocycles. The maximum atomic E-state index is 5.66. The van der Waals surface area contributed by atoms with Gasteiger partial charge in [-0.05, 0) is 18.2 Å². The Hall–Kier alpha value is -2.67. The summed E-state index contributed by atoms with van der Waals surface area (Å²) in [6.45, 7) is 0. The van der Waals surface area contributed by atoms with E-state index in [1.807, 2.05) is 53.2 Å². The average molecular weight is 309 g/mol. The van der Waals surface area contributed by atoms with Crippen LogP contribution >= 0.6 is 11.8 Å². The molecule has 0 bridgehead atoms. The summed E-state index contributed by atoms with van der Waals surface area (Å²) in [6.07, 6.45) is 5.59. The Labute approximate surface area is 130 Å². The number of hydrogen-bond acceptors (Lipinski definition) is 6. The van der Waals surface area contributed by atoms with Gasteiger partial charge in [0.1, 0.15) is 0 Å². The molecule has 108 valence electrons. The van der Waals surface area contributed by atoms with Crippen LogP contribution in [0.4, 0.5) is 0 Å². The quantitative estimate of drug-likeness (QED) is 0.540. The molecule has 0 saturated heterocycles. The number of fused-ring (bicyclic) bond motifs is 1. The van der Waals surface area contributed by atoms with Crippen molar-refractivity contribution >= 4 is 17.5 Å². The zero-order valence-electron chi connectivity index (χ0n) is 11.5. The van der Waals surface area contributed by atoms with E-state index in [2.05, 4.69) is 20.2 Å². The number of nitrogens with zero attached hydrogens (tertiary/aromatic N) is 5. The number of benzene rings is 1. The van der Waals surface area contributed by atoms with Crippen molar-refractivity contribution in [2.24, 2.45) is 0 Å². The highest BCUT2D eigenvalue weighted by Gasteiger charge is 2.10. The smallest absolute Gasteiger partial charge is 0.277 e. The van der Waals surface area contributed by atoms with Crippen LogP contribution in [0, 0.1) is 0 Å². The van der Waals surface area contributed by atoms with Gasteiger partial charge in [-0.2, -0.15) is 0 Å². The molecule has 0 aliphatic heterocycles. The fourth-order valence-electron chi connectivity index (χ4n) is 2.05. The van der Waals surface area contributed by atoms with Crippen molar-refractivity contribution < 1.29 is 4.42 Å². The molecule has 0 spiro atoms. The van der Waals surface area contributed by atoms with Crippen LogP contribution in [-0.4, -0.2) is 24.6 Å². The molecule has 0 aliphatic rings. The maximum absolute atomic E-state index is 5.66. The lowest BCUT2D eigenvalue weighted by molar-refractivity contribution is 0.466. The lowest BCUT2D eigenvalue weighted by atomic mass is 10.2. The predicted octanol–water partition coefficient (Wildman–Crippen LogP) is 3.07. The second-order valence-electron chi connectivity index (χ2n) is 4.59. The van der Waals surface area contributed by atoms with Gasteiger partial charge in [-0.25, -0.2) is 9.97 Å². The van der Waals surface area contributed by atoms with Gasteiger partial charge >= 0.3 is 0 Å². The molecule has 0 unspecified atom stereocenters. The van der Waals surface area contributed by atoms with E-state index in [1.54, 1.807) is 6.20 Å². The monoisotopic (exact) mass is 309 g/mol. The van der Waals surface area contributed by atoms with Crippen LogP contribution in [0.2, 0.25) is 0 Å². The molecule has 4 aromatic rings. The molecule has 0 radical (unpaired) electrons. The fourth-order valence-corrected chi connectivity index (χ4v) is 2.70. The minimum absolute atomic E-state index is 0.528. The van der Waals surface area contributed by atoms with E-state index in [0.717, 1.165) is 11.3 Å². The van der Waals surface area contributed by atoms with Crippen LogP contribution in [0.3, 0.4) is 0 Å². The summed E-state index contributed by atoms with van der Waals surface area (Å²) in [6, 6.07) is 11.6. The molecule has 6 nitrogen and oxygen atoms in total. The van der Waals surface area contributed by atoms with Crippen LogP contribution in [0.25, 0.3) is 17.2 Å². The minimum atomic E-state index is 0.528. The largest absolute Gasteiger partial charge is 0.411 e. The molecule has 0 aliphatic carbocycles. The number of thioether (sulfide) groups is 1. The molecule has 22 heavy (non-hydrogen) atoms. The summed E-state index contributed by atoms with van der Waals surface area (Å²) < 4.78 is 7.54. The molecule has 0 atom stereocenters. The second-order valence-corrected chi connectivity index (χ2v) is 5.51. The van der Waals surface area contributed by atoms with E-state index in [4.69, 9.17) is 4.42 Å². The topological polar surface area (TPSA) is 69.1 Å². The van der Waals surface area contributed by atoms with Gasteiger partial charge < -0.3 is 4.42 Å². The Morgan fingerprint density at radius 2 is 2.00 bits per heavy atom. The average Bonchev–Trinajstić information content (AvgIpc) is 3.20. The normalized spacial score (nSPS) is 11.1. The van der Waals surface area contributed by atoms with Crippen molar-refractivity contribution in [2.45, 2.75) is 11.0 Å². The number of rotatable bonds is 4. The molecule has 4 rings (SSSR count).